The zero-order valence-electron chi connectivity index (χ0n) is 11.5. The summed E-state index contributed by atoms with van der Waals surface area (Å²) in [6.45, 7) is 3.96. The van der Waals surface area contributed by atoms with E-state index in [1.54, 1.807) is 12.1 Å². The molecule has 1 aromatic carbocycles. The number of aromatic nitrogens is 1. The molecular weight excluding hydrogens is 325 g/mol. The first-order chi connectivity index (χ1) is 10.1. The first-order valence-electron chi connectivity index (χ1n) is 6.74. The van der Waals surface area contributed by atoms with Crippen LogP contribution >= 0.6 is 35.4 Å². The van der Waals surface area contributed by atoms with Crippen LogP contribution in [0.25, 0.3) is 0 Å². The van der Waals surface area contributed by atoms with Gasteiger partial charge >= 0.3 is 0 Å². The predicted octanol–water partition coefficient (Wildman–Crippen LogP) is 4.57. The minimum Gasteiger partial charge on any atom is -0.348 e. The average molecular weight is 340 g/mol. The molecule has 6 heteroatoms. The quantitative estimate of drug-likeness (QED) is 0.768. The van der Waals surface area contributed by atoms with Gasteiger partial charge in [0.05, 0.1) is 16.8 Å². The summed E-state index contributed by atoms with van der Waals surface area (Å²) >= 11 is 17.6. The summed E-state index contributed by atoms with van der Waals surface area (Å²) in [5, 5.41) is 5.08. The molecule has 3 nitrogen and oxygen atoms in total. The highest BCUT2D eigenvalue weighted by Crippen LogP contribution is 2.29. The van der Waals surface area contributed by atoms with Crippen molar-refractivity contribution in [2.45, 2.75) is 19.5 Å². The van der Waals surface area contributed by atoms with Gasteiger partial charge in [-0.3, -0.25) is 0 Å². The largest absolute Gasteiger partial charge is 0.348 e. The molecule has 0 bridgehead atoms. The fraction of sp³-hybridized carbons (Fsp3) is 0.267. The van der Waals surface area contributed by atoms with Crippen molar-refractivity contribution in [2.24, 2.45) is 0 Å². The molecule has 0 aliphatic carbocycles. The number of anilines is 1. The Hall–Kier alpha value is -1.23. The Labute approximate surface area is 139 Å². The smallest absolute Gasteiger partial charge is 0.174 e. The van der Waals surface area contributed by atoms with Crippen LogP contribution < -0.4 is 5.32 Å². The van der Waals surface area contributed by atoms with Gasteiger partial charge in [-0.2, -0.15) is 0 Å². The number of nitrogens with zero attached hydrogens (tertiary/aromatic N) is 2. The van der Waals surface area contributed by atoms with Crippen LogP contribution in [-0.4, -0.2) is 21.1 Å². The van der Waals surface area contributed by atoms with Crippen LogP contribution in [0.3, 0.4) is 0 Å². The van der Waals surface area contributed by atoms with Gasteiger partial charge in [0.1, 0.15) is 0 Å². The molecule has 1 N–H and O–H groups in total. The Balaban J connectivity index is 1.77. The Kier molecular flexibility index (Phi) is 4.11. The topological polar surface area (TPSA) is 20.2 Å². The van der Waals surface area contributed by atoms with E-state index in [0.29, 0.717) is 15.2 Å². The van der Waals surface area contributed by atoms with Gasteiger partial charge in [-0.15, -0.1) is 0 Å². The number of nitrogens with one attached hydrogen (secondary N) is 1. The molecule has 0 saturated heterocycles. The molecule has 1 aliphatic rings. The first-order valence-corrected chi connectivity index (χ1v) is 7.90. The maximum Gasteiger partial charge on any atom is 0.174 e. The molecule has 2 aromatic rings. The number of halogens is 2. The highest BCUT2D eigenvalue weighted by molar-refractivity contribution is 7.80. The number of fused-ring (bicyclic) bond motifs is 1. The maximum absolute atomic E-state index is 6.18. The van der Waals surface area contributed by atoms with Crippen LogP contribution in [0, 0.1) is 0 Å². The minimum atomic E-state index is 0.236. The van der Waals surface area contributed by atoms with E-state index < -0.39 is 0 Å². The van der Waals surface area contributed by atoms with Crippen molar-refractivity contribution in [2.75, 3.05) is 11.9 Å². The second-order valence-electron chi connectivity index (χ2n) is 5.05. The van der Waals surface area contributed by atoms with Gasteiger partial charge in [0.15, 0.2) is 5.11 Å². The van der Waals surface area contributed by atoms with Gasteiger partial charge in [-0.05, 0) is 49.5 Å². The molecule has 0 saturated carbocycles. The third kappa shape index (κ3) is 2.89. The molecule has 1 atom stereocenters. The standard InChI is InChI=1S/C15H15Cl2N3S/c1-10-14-3-2-6-19(14)7-8-20(10)15(21)18-13-5-4-11(16)9-12(13)17/h2-6,9-10H,7-8H2,1H3,(H,18,21)/t10-/m1/s1. The molecule has 21 heavy (non-hydrogen) atoms. The minimum absolute atomic E-state index is 0.236. The van der Waals surface area contributed by atoms with Gasteiger partial charge in [0.25, 0.3) is 0 Å². The first kappa shape index (κ1) is 14.7. The van der Waals surface area contributed by atoms with Crippen LogP contribution in [0.2, 0.25) is 10.0 Å². The molecule has 0 spiro atoms. The monoisotopic (exact) mass is 339 g/mol. The predicted molar refractivity (Wildman–Crippen MR) is 92.2 cm³/mol. The third-order valence-electron chi connectivity index (χ3n) is 3.78. The molecular formula is C15H15Cl2N3S. The highest BCUT2D eigenvalue weighted by atomic mass is 35.5. The Morgan fingerprint density at radius 2 is 2.10 bits per heavy atom. The van der Waals surface area contributed by atoms with Crippen LogP contribution in [-0.2, 0) is 6.54 Å². The lowest BCUT2D eigenvalue weighted by atomic mass is 10.1. The van der Waals surface area contributed by atoms with E-state index in [-0.39, 0.29) is 6.04 Å². The fourth-order valence-electron chi connectivity index (χ4n) is 2.63. The van der Waals surface area contributed by atoms with Crippen molar-refractivity contribution < 1.29 is 0 Å². The summed E-state index contributed by atoms with van der Waals surface area (Å²) in [4.78, 5) is 2.18. The van der Waals surface area contributed by atoms with E-state index in [0.717, 1.165) is 18.8 Å². The zero-order valence-corrected chi connectivity index (χ0v) is 13.8. The molecule has 110 valence electrons. The number of benzene rings is 1. The molecule has 0 radical (unpaired) electrons. The maximum atomic E-state index is 6.18. The molecule has 2 heterocycles. The average Bonchev–Trinajstić information content (AvgIpc) is 2.91. The SMILES string of the molecule is C[C@@H]1c2cccn2CCN1C(=S)Nc1ccc(Cl)cc1Cl. The van der Waals surface area contributed by atoms with Crippen molar-refractivity contribution in [3.8, 4) is 0 Å². The van der Waals surface area contributed by atoms with Crippen molar-refractivity contribution in [1.82, 2.24) is 9.47 Å². The molecule has 1 aliphatic heterocycles. The van der Waals surface area contributed by atoms with E-state index in [9.17, 15) is 0 Å². The van der Waals surface area contributed by atoms with Crippen molar-refractivity contribution in [3.63, 3.8) is 0 Å². The summed E-state index contributed by atoms with van der Waals surface area (Å²) in [6.07, 6.45) is 2.11. The molecule has 1 aromatic heterocycles. The lowest BCUT2D eigenvalue weighted by Gasteiger charge is -2.36. The second-order valence-corrected chi connectivity index (χ2v) is 6.28. The zero-order chi connectivity index (χ0) is 15.0. The molecule has 0 amide bonds. The molecule has 0 fully saturated rings. The highest BCUT2D eigenvalue weighted by Gasteiger charge is 2.25. The van der Waals surface area contributed by atoms with Gasteiger partial charge in [0.2, 0.25) is 0 Å². The second kappa shape index (κ2) is 5.87. The number of thiocarbonyl (C=S) groups is 1. The van der Waals surface area contributed by atoms with Crippen LogP contribution in [0.1, 0.15) is 18.7 Å². The van der Waals surface area contributed by atoms with E-state index >= 15 is 0 Å². The van der Waals surface area contributed by atoms with Gasteiger partial charge in [0, 0.05) is 30.0 Å². The van der Waals surface area contributed by atoms with E-state index in [1.165, 1.54) is 5.69 Å². The van der Waals surface area contributed by atoms with Gasteiger partial charge in [-0.25, -0.2) is 0 Å². The summed E-state index contributed by atoms with van der Waals surface area (Å²) in [5.74, 6) is 0. The van der Waals surface area contributed by atoms with Crippen molar-refractivity contribution in [3.05, 3.63) is 52.3 Å². The summed E-state index contributed by atoms with van der Waals surface area (Å²) in [6, 6.07) is 9.78. The Morgan fingerprint density at radius 1 is 1.29 bits per heavy atom. The summed E-state index contributed by atoms with van der Waals surface area (Å²) < 4.78 is 2.26. The van der Waals surface area contributed by atoms with Crippen LogP contribution in [0.15, 0.2) is 36.5 Å². The Morgan fingerprint density at radius 3 is 2.86 bits per heavy atom. The van der Waals surface area contributed by atoms with Crippen LogP contribution in [0.4, 0.5) is 5.69 Å². The molecule has 3 rings (SSSR count). The number of hydrogen-bond acceptors (Lipinski definition) is 1. The molecule has 0 unspecified atom stereocenters. The third-order valence-corrected chi connectivity index (χ3v) is 4.66. The number of rotatable bonds is 1. The van der Waals surface area contributed by atoms with Gasteiger partial charge < -0.3 is 14.8 Å². The van der Waals surface area contributed by atoms with Crippen LogP contribution in [0.5, 0.6) is 0 Å². The van der Waals surface area contributed by atoms with Crippen molar-refractivity contribution in [1.29, 1.82) is 0 Å². The Bertz CT molecular complexity index is 683. The lowest BCUT2D eigenvalue weighted by molar-refractivity contribution is 0.276. The number of hydrogen-bond donors (Lipinski definition) is 1. The summed E-state index contributed by atoms with van der Waals surface area (Å²) in [5.41, 5.74) is 2.05. The lowest BCUT2D eigenvalue weighted by Crippen LogP contribution is -2.42. The van der Waals surface area contributed by atoms with Gasteiger partial charge in [-0.1, -0.05) is 23.2 Å². The normalized spacial score (nSPS) is 17.5. The summed E-state index contributed by atoms with van der Waals surface area (Å²) in [7, 11) is 0. The van der Waals surface area contributed by atoms with E-state index in [4.69, 9.17) is 35.4 Å². The fourth-order valence-corrected chi connectivity index (χ4v) is 3.45. The van der Waals surface area contributed by atoms with E-state index in [2.05, 4.69) is 40.0 Å². The van der Waals surface area contributed by atoms with Crippen molar-refractivity contribution >= 4 is 46.2 Å². The van der Waals surface area contributed by atoms with E-state index in [1.807, 2.05) is 6.07 Å².